The molecule has 0 aliphatic heterocycles. The molecular weight excluding hydrogens is 216 g/mol. The summed E-state index contributed by atoms with van der Waals surface area (Å²) in [6.07, 6.45) is 0. The van der Waals surface area contributed by atoms with Crippen molar-refractivity contribution < 1.29 is 15.3 Å². The molecule has 0 aromatic heterocycles. The van der Waals surface area contributed by atoms with E-state index in [9.17, 15) is 15.3 Å². The van der Waals surface area contributed by atoms with Gasteiger partial charge < -0.3 is 15.3 Å². The Morgan fingerprint density at radius 2 is 1.53 bits per heavy atom. The van der Waals surface area contributed by atoms with Gasteiger partial charge in [-0.15, -0.1) is 0 Å². The van der Waals surface area contributed by atoms with Crippen LogP contribution in [0.1, 0.15) is 11.1 Å². The number of hydrogen-bond acceptors (Lipinski definition) is 3. The molecule has 0 fully saturated rings. The highest BCUT2D eigenvalue weighted by Gasteiger charge is 2.12. The van der Waals surface area contributed by atoms with Gasteiger partial charge in [0, 0.05) is 17.2 Å². The van der Waals surface area contributed by atoms with Crippen molar-refractivity contribution in [3.63, 3.8) is 0 Å². The molecular formula is C14H14O3. The third-order valence-electron chi connectivity index (χ3n) is 2.71. The van der Waals surface area contributed by atoms with E-state index in [1.54, 1.807) is 12.1 Å². The number of aromatic hydroxyl groups is 3. The van der Waals surface area contributed by atoms with Crippen LogP contribution in [0.3, 0.4) is 0 Å². The molecule has 0 aliphatic carbocycles. The Balaban J connectivity index is 2.68. The second-order valence-electron chi connectivity index (χ2n) is 4.18. The van der Waals surface area contributed by atoms with Crippen molar-refractivity contribution in [2.75, 3.05) is 0 Å². The Hall–Kier alpha value is -2.16. The van der Waals surface area contributed by atoms with E-state index >= 15 is 0 Å². The summed E-state index contributed by atoms with van der Waals surface area (Å²) in [5.74, 6) is 0.0752. The molecule has 0 aliphatic rings. The molecule has 2 aromatic rings. The number of benzene rings is 2. The van der Waals surface area contributed by atoms with E-state index in [4.69, 9.17) is 0 Å². The fraction of sp³-hybridized carbons (Fsp3) is 0.143. The van der Waals surface area contributed by atoms with E-state index in [1.165, 1.54) is 12.1 Å². The van der Waals surface area contributed by atoms with Gasteiger partial charge in [0.25, 0.3) is 0 Å². The van der Waals surface area contributed by atoms with Gasteiger partial charge >= 0.3 is 0 Å². The highest BCUT2D eigenvalue weighted by Crippen LogP contribution is 2.39. The Morgan fingerprint density at radius 1 is 0.824 bits per heavy atom. The van der Waals surface area contributed by atoms with E-state index in [2.05, 4.69) is 0 Å². The van der Waals surface area contributed by atoms with Crippen LogP contribution in [0.25, 0.3) is 11.1 Å². The standard InChI is InChI=1S/C14H14O3/c1-8-5-9(2)14(13(17)6-8)11-4-3-10(15)7-12(11)16/h3-7,15-17H,1-2H3. The Bertz CT molecular complexity index is 551. The second-order valence-corrected chi connectivity index (χ2v) is 4.18. The topological polar surface area (TPSA) is 60.7 Å². The molecule has 3 heteroatoms. The van der Waals surface area contributed by atoms with Crippen LogP contribution in [0.4, 0.5) is 0 Å². The van der Waals surface area contributed by atoms with E-state index < -0.39 is 0 Å². The zero-order chi connectivity index (χ0) is 12.6. The summed E-state index contributed by atoms with van der Waals surface area (Å²) in [5, 5.41) is 29.0. The molecule has 0 spiro atoms. The van der Waals surface area contributed by atoms with Crippen LogP contribution in [0.15, 0.2) is 30.3 Å². The minimum absolute atomic E-state index is 0.00416. The number of rotatable bonds is 1. The summed E-state index contributed by atoms with van der Waals surface area (Å²) in [5.41, 5.74) is 2.94. The fourth-order valence-electron chi connectivity index (χ4n) is 2.03. The number of phenols is 3. The first-order chi connectivity index (χ1) is 7.99. The minimum Gasteiger partial charge on any atom is -0.508 e. The molecule has 88 valence electrons. The Kier molecular flexibility index (Phi) is 2.68. The van der Waals surface area contributed by atoms with Gasteiger partial charge in [0.2, 0.25) is 0 Å². The molecule has 0 unspecified atom stereocenters. The van der Waals surface area contributed by atoms with Crippen LogP contribution in [0.2, 0.25) is 0 Å². The maximum Gasteiger partial charge on any atom is 0.127 e. The maximum atomic E-state index is 9.95. The van der Waals surface area contributed by atoms with E-state index in [-0.39, 0.29) is 17.2 Å². The second kappa shape index (κ2) is 4.01. The van der Waals surface area contributed by atoms with Gasteiger partial charge in [-0.3, -0.25) is 0 Å². The number of phenolic OH excluding ortho intramolecular Hbond substituents is 3. The molecule has 0 heterocycles. The average molecular weight is 230 g/mol. The minimum atomic E-state index is -0.0488. The van der Waals surface area contributed by atoms with Crippen LogP contribution >= 0.6 is 0 Å². The maximum absolute atomic E-state index is 9.95. The highest BCUT2D eigenvalue weighted by atomic mass is 16.3. The predicted molar refractivity (Wildman–Crippen MR) is 66.3 cm³/mol. The molecule has 0 amide bonds. The summed E-state index contributed by atoms with van der Waals surface area (Å²) in [7, 11) is 0. The highest BCUT2D eigenvalue weighted by molar-refractivity contribution is 5.79. The van der Waals surface area contributed by atoms with Crippen LogP contribution in [0, 0.1) is 13.8 Å². The molecule has 0 saturated carbocycles. The molecule has 0 radical (unpaired) electrons. The van der Waals surface area contributed by atoms with Crippen molar-refractivity contribution in [1.82, 2.24) is 0 Å². The van der Waals surface area contributed by atoms with Crippen molar-refractivity contribution in [2.24, 2.45) is 0 Å². The molecule has 0 saturated heterocycles. The normalized spacial score (nSPS) is 10.5. The molecule has 17 heavy (non-hydrogen) atoms. The lowest BCUT2D eigenvalue weighted by Crippen LogP contribution is -1.87. The third-order valence-corrected chi connectivity index (χ3v) is 2.71. The molecule has 0 atom stereocenters. The summed E-state index contributed by atoms with van der Waals surface area (Å²) in [4.78, 5) is 0. The molecule has 0 bridgehead atoms. The third kappa shape index (κ3) is 2.04. The first kappa shape index (κ1) is 11.3. The summed E-state index contributed by atoms with van der Waals surface area (Å²) in [6.45, 7) is 3.77. The van der Waals surface area contributed by atoms with Gasteiger partial charge in [-0.25, -0.2) is 0 Å². The van der Waals surface area contributed by atoms with Crippen molar-refractivity contribution in [2.45, 2.75) is 13.8 Å². The molecule has 2 aromatic carbocycles. The van der Waals surface area contributed by atoms with Crippen molar-refractivity contribution in [1.29, 1.82) is 0 Å². The largest absolute Gasteiger partial charge is 0.508 e. The summed E-state index contributed by atoms with van der Waals surface area (Å²) in [6, 6.07) is 7.90. The molecule has 2 rings (SSSR count). The smallest absolute Gasteiger partial charge is 0.127 e. The van der Waals surface area contributed by atoms with Gasteiger partial charge in [-0.05, 0) is 43.2 Å². The zero-order valence-corrected chi connectivity index (χ0v) is 9.73. The average Bonchev–Trinajstić information content (AvgIpc) is 2.19. The number of hydrogen-bond donors (Lipinski definition) is 3. The Morgan fingerprint density at radius 3 is 2.12 bits per heavy atom. The molecule has 3 nitrogen and oxygen atoms in total. The van der Waals surface area contributed by atoms with E-state index in [0.717, 1.165) is 11.1 Å². The quantitative estimate of drug-likeness (QED) is 0.705. The van der Waals surface area contributed by atoms with E-state index in [0.29, 0.717) is 11.1 Å². The van der Waals surface area contributed by atoms with Gasteiger partial charge in [0.1, 0.15) is 17.2 Å². The van der Waals surface area contributed by atoms with Gasteiger partial charge in [0.15, 0.2) is 0 Å². The van der Waals surface area contributed by atoms with Crippen molar-refractivity contribution in [3.05, 3.63) is 41.5 Å². The van der Waals surface area contributed by atoms with Crippen LogP contribution in [-0.4, -0.2) is 15.3 Å². The van der Waals surface area contributed by atoms with Gasteiger partial charge in [-0.2, -0.15) is 0 Å². The lowest BCUT2D eigenvalue weighted by atomic mass is 9.96. The Labute approximate surface area is 99.6 Å². The first-order valence-electron chi connectivity index (χ1n) is 5.31. The monoisotopic (exact) mass is 230 g/mol. The van der Waals surface area contributed by atoms with Crippen molar-refractivity contribution in [3.8, 4) is 28.4 Å². The predicted octanol–water partition coefficient (Wildman–Crippen LogP) is 3.09. The lowest BCUT2D eigenvalue weighted by molar-refractivity contribution is 0.450. The van der Waals surface area contributed by atoms with E-state index in [1.807, 2.05) is 19.9 Å². The van der Waals surface area contributed by atoms with Crippen LogP contribution in [0.5, 0.6) is 17.2 Å². The fourth-order valence-corrected chi connectivity index (χ4v) is 2.03. The zero-order valence-electron chi connectivity index (χ0n) is 9.73. The first-order valence-corrected chi connectivity index (χ1v) is 5.31. The van der Waals surface area contributed by atoms with Gasteiger partial charge in [-0.1, -0.05) is 6.07 Å². The molecule has 3 N–H and O–H groups in total. The lowest BCUT2D eigenvalue weighted by Gasteiger charge is -2.11. The summed E-state index contributed by atoms with van der Waals surface area (Å²) >= 11 is 0. The van der Waals surface area contributed by atoms with Crippen LogP contribution < -0.4 is 0 Å². The SMILES string of the molecule is Cc1cc(C)c(-c2ccc(O)cc2O)c(O)c1. The van der Waals surface area contributed by atoms with Gasteiger partial charge in [0.05, 0.1) is 0 Å². The summed E-state index contributed by atoms with van der Waals surface area (Å²) < 4.78 is 0. The van der Waals surface area contributed by atoms with Crippen LogP contribution in [-0.2, 0) is 0 Å². The van der Waals surface area contributed by atoms with Crippen molar-refractivity contribution >= 4 is 0 Å². The number of aryl methyl sites for hydroxylation is 2.